The Morgan fingerprint density at radius 1 is 1.53 bits per heavy atom. The average Bonchev–Trinajstić information content (AvgIpc) is 2.43. The lowest BCUT2D eigenvalue weighted by atomic mass is 10.1. The first kappa shape index (κ1) is 12.8. The van der Waals surface area contributed by atoms with Gasteiger partial charge in [0, 0.05) is 17.3 Å². The zero-order chi connectivity index (χ0) is 11.6. The molecular formula is C9H11ClF3NS. The summed E-state index contributed by atoms with van der Waals surface area (Å²) in [6.45, 7) is 1.80. The minimum atomic E-state index is -4.16. The molecule has 0 spiro atoms. The third-order valence-corrected chi connectivity index (χ3v) is 3.85. The quantitative estimate of drug-likeness (QED) is 0.869. The molecule has 0 saturated heterocycles. The second-order valence-corrected chi connectivity index (χ2v) is 4.65. The highest BCUT2D eigenvalue weighted by atomic mass is 35.5. The van der Waals surface area contributed by atoms with Gasteiger partial charge in [-0.1, -0.05) is 11.6 Å². The molecule has 0 fully saturated rings. The molecule has 15 heavy (non-hydrogen) atoms. The number of nitrogens with two attached hydrogens (primary N) is 1. The minimum absolute atomic E-state index is 0.122. The van der Waals surface area contributed by atoms with E-state index in [9.17, 15) is 13.2 Å². The van der Waals surface area contributed by atoms with Gasteiger partial charge in [-0.25, -0.2) is 0 Å². The van der Waals surface area contributed by atoms with Gasteiger partial charge in [-0.15, -0.1) is 11.3 Å². The third kappa shape index (κ3) is 3.66. The lowest BCUT2D eigenvalue weighted by Gasteiger charge is -2.12. The van der Waals surface area contributed by atoms with Gasteiger partial charge in [0.05, 0.1) is 5.02 Å². The van der Waals surface area contributed by atoms with Gasteiger partial charge >= 0.3 is 6.18 Å². The first-order valence-corrected chi connectivity index (χ1v) is 5.63. The summed E-state index contributed by atoms with van der Waals surface area (Å²) in [5, 5.41) is 2.29. The smallest absolute Gasteiger partial charge is 0.323 e. The Kier molecular flexibility index (Phi) is 4.03. The van der Waals surface area contributed by atoms with Gasteiger partial charge in [0.2, 0.25) is 0 Å². The molecule has 2 N–H and O–H groups in total. The number of thiophene rings is 1. The van der Waals surface area contributed by atoms with Crippen LogP contribution in [0, 0.1) is 6.92 Å². The molecular weight excluding hydrogens is 247 g/mol. The lowest BCUT2D eigenvalue weighted by molar-refractivity contribution is -0.136. The van der Waals surface area contributed by atoms with Crippen LogP contribution in [0.4, 0.5) is 13.2 Å². The molecule has 1 unspecified atom stereocenters. The topological polar surface area (TPSA) is 26.0 Å². The van der Waals surface area contributed by atoms with E-state index in [1.807, 2.05) is 0 Å². The third-order valence-electron chi connectivity index (χ3n) is 2.00. The van der Waals surface area contributed by atoms with Crippen LogP contribution in [0.5, 0.6) is 0 Å². The summed E-state index contributed by atoms with van der Waals surface area (Å²) in [4.78, 5) is 0.637. The lowest BCUT2D eigenvalue weighted by Crippen LogP contribution is -2.15. The maximum Gasteiger partial charge on any atom is 0.389 e. The largest absolute Gasteiger partial charge is 0.389 e. The molecule has 1 aromatic rings. The molecule has 1 rings (SSSR count). The molecule has 1 heterocycles. The van der Waals surface area contributed by atoms with Gasteiger partial charge in [0.25, 0.3) is 0 Å². The molecule has 0 saturated carbocycles. The van der Waals surface area contributed by atoms with E-state index in [4.69, 9.17) is 17.3 Å². The van der Waals surface area contributed by atoms with Crippen LogP contribution < -0.4 is 5.73 Å². The molecule has 1 nitrogen and oxygen atoms in total. The number of aryl methyl sites for hydroxylation is 1. The van der Waals surface area contributed by atoms with Crippen LogP contribution in [0.15, 0.2) is 5.38 Å². The van der Waals surface area contributed by atoms with Crippen molar-refractivity contribution in [1.82, 2.24) is 0 Å². The number of hydrogen-bond acceptors (Lipinski definition) is 2. The van der Waals surface area contributed by atoms with Crippen molar-refractivity contribution in [3.63, 3.8) is 0 Å². The Bertz CT molecular complexity index is 335. The summed E-state index contributed by atoms with van der Waals surface area (Å²) in [6.07, 6.45) is -5.15. The van der Waals surface area contributed by atoms with Crippen molar-refractivity contribution >= 4 is 22.9 Å². The van der Waals surface area contributed by atoms with Gasteiger partial charge in [-0.3, -0.25) is 0 Å². The summed E-state index contributed by atoms with van der Waals surface area (Å²) in [6, 6.07) is -0.627. The number of hydrogen-bond donors (Lipinski definition) is 1. The molecule has 0 aliphatic heterocycles. The Hall–Kier alpha value is -0.260. The van der Waals surface area contributed by atoms with Gasteiger partial charge in [0.1, 0.15) is 0 Å². The molecule has 0 bridgehead atoms. The van der Waals surface area contributed by atoms with E-state index < -0.39 is 18.6 Å². The normalized spacial score (nSPS) is 14.3. The Labute approximate surface area is 95.0 Å². The summed E-state index contributed by atoms with van der Waals surface area (Å²) in [5.41, 5.74) is 6.50. The molecule has 0 aromatic carbocycles. The van der Waals surface area contributed by atoms with Crippen LogP contribution in [-0.2, 0) is 0 Å². The fraction of sp³-hybridized carbons (Fsp3) is 0.556. The molecule has 86 valence electrons. The highest BCUT2D eigenvalue weighted by molar-refractivity contribution is 7.10. The van der Waals surface area contributed by atoms with Crippen LogP contribution in [0.1, 0.15) is 29.3 Å². The Morgan fingerprint density at radius 2 is 2.13 bits per heavy atom. The number of rotatable bonds is 3. The highest BCUT2D eigenvalue weighted by Crippen LogP contribution is 2.35. The molecule has 1 atom stereocenters. The van der Waals surface area contributed by atoms with Crippen molar-refractivity contribution in [1.29, 1.82) is 0 Å². The molecule has 6 heteroatoms. The minimum Gasteiger partial charge on any atom is -0.323 e. The molecule has 0 aliphatic rings. The SMILES string of the molecule is Cc1csc(C(N)CCC(F)(F)F)c1Cl. The Balaban J connectivity index is 2.62. The van der Waals surface area contributed by atoms with E-state index in [1.165, 1.54) is 11.3 Å². The molecule has 0 radical (unpaired) electrons. The van der Waals surface area contributed by atoms with Crippen LogP contribution >= 0.6 is 22.9 Å². The first-order chi connectivity index (χ1) is 6.81. The van der Waals surface area contributed by atoms with Crippen LogP contribution in [0.3, 0.4) is 0 Å². The van der Waals surface area contributed by atoms with E-state index >= 15 is 0 Å². The zero-order valence-corrected chi connectivity index (χ0v) is 9.64. The van der Waals surface area contributed by atoms with E-state index in [-0.39, 0.29) is 6.42 Å². The second kappa shape index (κ2) is 4.72. The first-order valence-electron chi connectivity index (χ1n) is 4.37. The number of alkyl halides is 3. The van der Waals surface area contributed by atoms with Crippen LogP contribution in [0.25, 0.3) is 0 Å². The highest BCUT2D eigenvalue weighted by Gasteiger charge is 2.28. The van der Waals surface area contributed by atoms with Gasteiger partial charge in [-0.2, -0.15) is 13.2 Å². The van der Waals surface area contributed by atoms with E-state index in [0.717, 1.165) is 5.56 Å². The fourth-order valence-corrected chi connectivity index (χ4v) is 2.52. The van der Waals surface area contributed by atoms with Crippen molar-refractivity contribution in [2.24, 2.45) is 5.73 Å². The fourth-order valence-electron chi connectivity index (χ4n) is 1.15. The van der Waals surface area contributed by atoms with Gasteiger partial charge in [0.15, 0.2) is 0 Å². The van der Waals surface area contributed by atoms with E-state index in [0.29, 0.717) is 9.90 Å². The zero-order valence-electron chi connectivity index (χ0n) is 8.07. The summed E-state index contributed by atoms with van der Waals surface area (Å²) >= 11 is 7.21. The maximum atomic E-state index is 12.0. The number of halogens is 4. The van der Waals surface area contributed by atoms with Crippen molar-refractivity contribution in [2.45, 2.75) is 32.0 Å². The molecule has 0 aliphatic carbocycles. The van der Waals surface area contributed by atoms with Crippen molar-refractivity contribution in [3.05, 3.63) is 20.8 Å². The van der Waals surface area contributed by atoms with Crippen molar-refractivity contribution in [2.75, 3.05) is 0 Å². The standard InChI is InChI=1S/C9H11ClF3NS/c1-5-4-15-8(7(5)10)6(14)2-3-9(11,12)13/h4,6H,2-3,14H2,1H3. The molecule has 1 aromatic heterocycles. The summed E-state index contributed by atoms with van der Waals surface area (Å²) in [5.74, 6) is 0. The van der Waals surface area contributed by atoms with Crippen LogP contribution in [0.2, 0.25) is 5.02 Å². The van der Waals surface area contributed by atoms with Crippen LogP contribution in [-0.4, -0.2) is 6.18 Å². The summed E-state index contributed by atoms with van der Waals surface area (Å²) in [7, 11) is 0. The molecule has 0 amide bonds. The monoisotopic (exact) mass is 257 g/mol. The predicted molar refractivity (Wildman–Crippen MR) is 56.3 cm³/mol. The van der Waals surface area contributed by atoms with Gasteiger partial charge in [-0.05, 0) is 24.3 Å². The summed E-state index contributed by atoms with van der Waals surface area (Å²) < 4.78 is 35.9. The van der Waals surface area contributed by atoms with Crippen molar-refractivity contribution in [3.8, 4) is 0 Å². The van der Waals surface area contributed by atoms with Crippen molar-refractivity contribution < 1.29 is 13.2 Å². The van der Waals surface area contributed by atoms with E-state index in [1.54, 1.807) is 12.3 Å². The van der Waals surface area contributed by atoms with E-state index in [2.05, 4.69) is 0 Å². The predicted octanol–water partition coefficient (Wildman–Crippen LogP) is 4.05. The Morgan fingerprint density at radius 3 is 2.53 bits per heavy atom. The average molecular weight is 258 g/mol. The maximum absolute atomic E-state index is 12.0. The van der Waals surface area contributed by atoms with Gasteiger partial charge < -0.3 is 5.73 Å². The second-order valence-electron chi connectivity index (χ2n) is 3.36.